The van der Waals surface area contributed by atoms with Crippen molar-refractivity contribution in [2.24, 2.45) is 23.2 Å². The van der Waals surface area contributed by atoms with Crippen LogP contribution in [0.3, 0.4) is 0 Å². The van der Waals surface area contributed by atoms with Gasteiger partial charge in [-0.1, -0.05) is 17.7 Å². The van der Waals surface area contributed by atoms with Crippen LogP contribution in [0.1, 0.15) is 59.2 Å². The highest BCUT2D eigenvalue weighted by Gasteiger charge is 2.50. The number of hydrogen-bond acceptors (Lipinski definition) is 4. The molecule has 0 atom stereocenters. The van der Waals surface area contributed by atoms with Gasteiger partial charge in [0.05, 0.1) is 23.3 Å². The number of nitrogens with one attached hydrogen (secondary N) is 1. The molecule has 0 spiro atoms. The molecule has 4 aliphatic rings. The van der Waals surface area contributed by atoms with Crippen molar-refractivity contribution < 1.29 is 14.3 Å². The fourth-order valence-corrected chi connectivity index (χ4v) is 6.78. The number of aromatic nitrogens is 1. The second-order valence-corrected chi connectivity index (χ2v) is 10.2. The highest BCUT2D eigenvalue weighted by Crippen LogP contribution is 2.59. The number of ether oxygens (including phenoxy) is 1. The van der Waals surface area contributed by atoms with Gasteiger partial charge in [-0.15, -0.1) is 0 Å². The van der Waals surface area contributed by atoms with Gasteiger partial charge in [-0.2, -0.15) is 0 Å². The highest BCUT2D eigenvalue weighted by atomic mass is 35.5. The summed E-state index contributed by atoms with van der Waals surface area (Å²) in [6.45, 7) is 0.731. The van der Waals surface area contributed by atoms with Gasteiger partial charge >= 0.3 is 5.97 Å². The van der Waals surface area contributed by atoms with Crippen LogP contribution in [0.25, 0.3) is 11.1 Å². The molecule has 0 saturated heterocycles. The summed E-state index contributed by atoms with van der Waals surface area (Å²) in [7, 11) is 1.34. The van der Waals surface area contributed by atoms with E-state index in [2.05, 4.69) is 10.3 Å². The molecular weight excluding hydrogens is 412 g/mol. The Labute approximate surface area is 187 Å². The van der Waals surface area contributed by atoms with Crippen LogP contribution in [-0.4, -0.2) is 30.5 Å². The van der Waals surface area contributed by atoms with Crippen molar-refractivity contribution >= 4 is 23.5 Å². The number of nitrogens with zero attached hydrogens (tertiary/aromatic N) is 1. The Balaban J connectivity index is 1.34. The van der Waals surface area contributed by atoms with E-state index in [1.165, 1.54) is 51.8 Å². The van der Waals surface area contributed by atoms with Crippen molar-refractivity contribution in [3.8, 4) is 11.1 Å². The summed E-state index contributed by atoms with van der Waals surface area (Å²) in [5.74, 6) is 1.97. The SMILES string of the molecule is COC(=O)c1cncc(-c2ccc(Cl)c(C(=O)NCC34CC5CC(CC(C5)C3)C4)c2)c1. The molecule has 2 aromatic rings. The molecule has 6 rings (SSSR count). The number of carbonyl (C=O) groups is 2. The van der Waals surface area contributed by atoms with E-state index < -0.39 is 5.97 Å². The lowest BCUT2D eigenvalue weighted by molar-refractivity contribution is -0.0503. The van der Waals surface area contributed by atoms with E-state index in [4.69, 9.17) is 16.3 Å². The number of pyridine rings is 1. The van der Waals surface area contributed by atoms with Gasteiger partial charge < -0.3 is 10.1 Å². The van der Waals surface area contributed by atoms with Crippen molar-refractivity contribution in [1.29, 1.82) is 0 Å². The number of halogens is 1. The average Bonchev–Trinajstić information content (AvgIpc) is 2.76. The van der Waals surface area contributed by atoms with Crippen LogP contribution in [0.4, 0.5) is 0 Å². The van der Waals surface area contributed by atoms with Crippen LogP contribution in [0, 0.1) is 23.2 Å². The number of benzene rings is 1. The molecule has 5 nitrogen and oxygen atoms in total. The minimum absolute atomic E-state index is 0.139. The minimum atomic E-state index is -0.447. The smallest absolute Gasteiger partial charge is 0.339 e. The van der Waals surface area contributed by atoms with Gasteiger partial charge in [0.15, 0.2) is 0 Å². The van der Waals surface area contributed by atoms with Crippen molar-refractivity contribution in [3.05, 3.63) is 52.8 Å². The van der Waals surface area contributed by atoms with Crippen molar-refractivity contribution in [3.63, 3.8) is 0 Å². The van der Waals surface area contributed by atoms with Crippen molar-refractivity contribution in [1.82, 2.24) is 10.3 Å². The Kier molecular flexibility index (Phi) is 5.25. The number of esters is 1. The van der Waals surface area contributed by atoms with E-state index in [1.54, 1.807) is 24.4 Å². The summed E-state index contributed by atoms with van der Waals surface area (Å²) < 4.78 is 4.78. The van der Waals surface area contributed by atoms with Crippen LogP contribution >= 0.6 is 11.6 Å². The second kappa shape index (κ2) is 7.94. The van der Waals surface area contributed by atoms with Gasteiger partial charge in [0.25, 0.3) is 5.91 Å². The fourth-order valence-electron chi connectivity index (χ4n) is 6.58. The Bertz CT molecular complexity index is 1000. The van der Waals surface area contributed by atoms with Crippen LogP contribution in [0.15, 0.2) is 36.7 Å². The van der Waals surface area contributed by atoms with Crippen molar-refractivity contribution in [2.45, 2.75) is 38.5 Å². The Morgan fingerprint density at radius 2 is 1.74 bits per heavy atom. The van der Waals surface area contributed by atoms with E-state index in [0.717, 1.165) is 35.4 Å². The normalized spacial score (nSPS) is 28.4. The third-order valence-electron chi connectivity index (χ3n) is 7.49. The molecule has 1 aromatic heterocycles. The van der Waals surface area contributed by atoms with Crippen molar-refractivity contribution in [2.75, 3.05) is 13.7 Å². The molecule has 1 heterocycles. The summed E-state index contributed by atoms with van der Waals surface area (Å²) in [5, 5.41) is 3.62. The molecule has 0 unspecified atom stereocenters. The van der Waals surface area contributed by atoms with E-state index >= 15 is 0 Å². The molecule has 0 radical (unpaired) electrons. The summed E-state index contributed by atoms with van der Waals surface area (Å²) in [6.07, 6.45) is 11.0. The first-order valence-corrected chi connectivity index (χ1v) is 11.4. The molecule has 1 N–H and O–H groups in total. The Morgan fingerprint density at radius 1 is 1.06 bits per heavy atom. The molecule has 162 valence electrons. The van der Waals surface area contributed by atoms with Crippen LogP contribution in [-0.2, 0) is 4.74 Å². The van der Waals surface area contributed by atoms with E-state index in [0.29, 0.717) is 16.1 Å². The molecule has 0 aliphatic heterocycles. The van der Waals surface area contributed by atoms with Gasteiger partial charge in [0, 0.05) is 24.5 Å². The summed E-state index contributed by atoms with van der Waals surface area (Å²) in [5.41, 5.74) is 2.60. The number of methoxy groups -OCH3 is 1. The summed E-state index contributed by atoms with van der Waals surface area (Å²) >= 11 is 6.39. The van der Waals surface area contributed by atoms with Gasteiger partial charge in [-0.05, 0) is 85.5 Å². The zero-order valence-electron chi connectivity index (χ0n) is 17.7. The van der Waals surface area contributed by atoms with E-state index in [1.807, 2.05) is 6.07 Å². The van der Waals surface area contributed by atoms with Crippen LogP contribution < -0.4 is 5.32 Å². The maximum Gasteiger partial charge on any atom is 0.339 e. The highest BCUT2D eigenvalue weighted by molar-refractivity contribution is 6.34. The quantitative estimate of drug-likeness (QED) is 0.656. The Morgan fingerprint density at radius 3 is 2.39 bits per heavy atom. The fraction of sp³-hybridized carbons (Fsp3) is 0.480. The second-order valence-electron chi connectivity index (χ2n) is 9.75. The maximum absolute atomic E-state index is 13.1. The topological polar surface area (TPSA) is 68.3 Å². The largest absolute Gasteiger partial charge is 0.465 e. The number of hydrogen-bond donors (Lipinski definition) is 1. The standard InChI is InChI=1S/C25H27ClN2O3/c1-31-24(30)20-7-19(12-27-13-20)18-2-3-22(26)21(8-18)23(29)28-14-25-9-15-4-16(10-25)6-17(5-15)11-25/h2-3,7-8,12-13,15-17H,4-6,9-11,14H2,1H3,(H,28,29). The van der Waals surface area contributed by atoms with Gasteiger partial charge in [0.1, 0.15) is 0 Å². The molecule has 1 aromatic carbocycles. The zero-order chi connectivity index (χ0) is 21.6. The lowest BCUT2D eigenvalue weighted by Gasteiger charge is -2.56. The first-order chi connectivity index (χ1) is 14.9. The lowest BCUT2D eigenvalue weighted by atomic mass is 9.49. The number of rotatable bonds is 5. The summed E-state index contributed by atoms with van der Waals surface area (Å²) in [4.78, 5) is 29.0. The van der Waals surface area contributed by atoms with Gasteiger partial charge in [-0.3, -0.25) is 9.78 Å². The molecular formula is C25H27ClN2O3. The third kappa shape index (κ3) is 3.96. The monoisotopic (exact) mass is 438 g/mol. The molecule has 6 heteroatoms. The molecule has 4 bridgehead atoms. The molecule has 4 aliphatic carbocycles. The number of amides is 1. The maximum atomic E-state index is 13.1. The van der Waals surface area contributed by atoms with Gasteiger partial charge in [-0.25, -0.2) is 4.79 Å². The first kappa shape index (κ1) is 20.5. The molecule has 4 saturated carbocycles. The molecule has 1 amide bonds. The predicted molar refractivity (Wildman–Crippen MR) is 119 cm³/mol. The molecule has 31 heavy (non-hydrogen) atoms. The van der Waals surface area contributed by atoms with Crippen LogP contribution in [0.5, 0.6) is 0 Å². The van der Waals surface area contributed by atoms with E-state index in [-0.39, 0.29) is 11.3 Å². The average molecular weight is 439 g/mol. The summed E-state index contributed by atoms with van der Waals surface area (Å²) in [6, 6.07) is 7.03. The van der Waals surface area contributed by atoms with Crippen LogP contribution in [0.2, 0.25) is 5.02 Å². The minimum Gasteiger partial charge on any atom is -0.465 e. The van der Waals surface area contributed by atoms with E-state index in [9.17, 15) is 9.59 Å². The zero-order valence-corrected chi connectivity index (χ0v) is 18.5. The molecule has 4 fully saturated rings. The first-order valence-electron chi connectivity index (χ1n) is 11.1. The van der Waals surface area contributed by atoms with Gasteiger partial charge in [0.2, 0.25) is 0 Å². The third-order valence-corrected chi connectivity index (χ3v) is 7.82. The number of carbonyl (C=O) groups excluding carboxylic acids is 2. The Hall–Kier alpha value is -2.40. The lowest BCUT2D eigenvalue weighted by Crippen LogP contribution is -2.51. The predicted octanol–water partition coefficient (Wildman–Crippen LogP) is 5.13.